The Balaban J connectivity index is 2.06. The summed E-state index contributed by atoms with van der Waals surface area (Å²) >= 11 is 3.44. The van der Waals surface area contributed by atoms with Crippen LogP contribution in [0.25, 0.3) is 22.8 Å². The lowest BCUT2D eigenvalue weighted by Crippen LogP contribution is -1.87. The zero-order chi connectivity index (χ0) is 15.0. The average molecular weight is 345 g/mol. The SMILES string of the molecule is Cc1cc(Br)ccc1-c1noc(-c2cccc(O)c2C)n1. The number of aromatic hydroxyl groups is 1. The van der Waals surface area contributed by atoms with Gasteiger partial charge in [-0.2, -0.15) is 4.98 Å². The van der Waals surface area contributed by atoms with Crippen LogP contribution in [-0.2, 0) is 0 Å². The summed E-state index contributed by atoms with van der Waals surface area (Å²) in [7, 11) is 0. The molecule has 1 N–H and O–H groups in total. The number of halogens is 1. The summed E-state index contributed by atoms with van der Waals surface area (Å²) in [6.07, 6.45) is 0. The minimum Gasteiger partial charge on any atom is -0.508 e. The third-order valence-electron chi connectivity index (χ3n) is 3.39. The van der Waals surface area contributed by atoms with Crippen molar-refractivity contribution in [3.05, 3.63) is 52.0 Å². The molecule has 0 aliphatic heterocycles. The minimum atomic E-state index is 0.215. The highest BCUT2D eigenvalue weighted by Gasteiger charge is 2.15. The van der Waals surface area contributed by atoms with Crippen molar-refractivity contribution in [2.75, 3.05) is 0 Å². The second-order valence-electron chi connectivity index (χ2n) is 4.83. The fourth-order valence-corrected chi connectivity index (χ4v) is 2.65. The minimum absolute atomic E-state index is 0.215. The number of aryl methyl sites for hydroxylation is 1. The van der Waals surface area contributed by atoms with E-state index in [2.05, 4.69) is 26.1 Å². The van der Waals surface area contributed by atoms with Gasteiger partial charge in [0.1, 0.15) is 5.75 Å². The van der Waals surface area contributed by atoms with Crippen molar-refractivity contribution in [3.8, 4) is 28.6 Å². The first-order valence-electron chi connectivity index (χ1n) is 6.45. The van der Waals surface area contributed by atoms with Gasteiger partial charge in [-0.1, -0.05) is 27.2 Å². The fraction of sp³-hybridized carbons (Fsp3) is 0.125. The molecule has 0 saturated heterocycles. The van der Waals surface area contributed by atoms with Gasteiger partial charge in [-0.3, -0.25) is 0 Å². The predicted molar refractivity (Wildman–Crippen MR) is 84.0 cm³/mol. The van der Waals surface area contributed by atoms with Crippen molar-refractivity contribution < 1.29 is 9.63 Å². The molecular weight excluding hydrogens is 332 g/mol. The Kier molecular flexibility index (Phi) is 3.51. The number of rotatable bonds is 2. The standard InChI is InChI=1S/C16H13BrN2O2/c1-9-8-11(17)6-7-12(9)15-18-16(21-19-15)13-4-3-5-14(20)10(13)2/h3-8,20H,1-2H3. The lowest BCUT2D eigenvalue weighted by atomic mass is 10.1. The molecule has 0 fully saturated rings. The van der Waals surface area contributed by atoms with Crippen molar-refractivity contribution in [1.82, 2.24) is 10.1 Å². The van der Waals surface area contributed by atoms with Gasteiger partial charge in [0, 0.05) is 21.2 Å². The quantitative estimate of drug-likeness (QED) is 0.744. The highest BCUT2D eigenvalue weighted by Crippen LogP contribution is 2.30. The molecule has 1 aromatic heterocycles. The number of hydrogen-bond acceptors (Lipinski definition) is 4. The molecular formula is C16H13BrN2O2. The van der Waals surface area contributed by atoms with Crippen LogP contribution < -0.4 is 0 Å². The van der Waals surface area contributed by atoms with E-state index in [1.807, 2.05) is 38.1 Å². The van der Waals surface area contributed by atoms with E-state index in [1.54, 1.807) is 12.1 Å². The van der Waals surface area contributed by atoms with Crippen LogP contribution in [-0.4, -0.2) is 15.2 Å². The second kappa shape index (κ2) is 5.33. The monoisotopic (exact) mass is 344 g/mol. The first-order chi connectivity index (χ1) is 10.1. The van der Waals surface area contributed by atoms with E-state index < -0.39 is 0 Å². The molecule has 1 heterocycles. The van der Waals surface area contributed by atoms with Gasteiger partial charge >= 0.3 is 0 Å². The Morgan fingerprint density at radius 3 is 2.67 bits per heavy atom. The van der Waals surface area contributed by atoms with Crippen molar-refractivity contribution >= 4 is 15.9 Å². The van der Waals surface area contributed by atoms with Crippen molar-refractivity contribution in [3.63, 3.8) is 0 Å². The molecule has 21 heavy (non-hydrogen) atoms. The normalized spacial score (nSPS) is 10.8. The Morgan fingerprint density at radius 2 is 1.90 bits per heavy atom. The van der Waals surface area contributed by atoms with Crippen molar-refractivity contribution in [1.29, 1.82) is 0 Å². The van der Waals surface area contributed by atoms with E-state index in [-0.39, 0.29) is 5.75 Å². The number of benzene rings is 2. The van der Waals surface area contributed by atoms with E-state index in [1.165, 1.54) is 0 Å². The zero-order valence-corrected chi connectivity index (χ0v) is 13.2. The van der Waals surface area contributed by atoms with E-state index in [0.29, 0.717) is 11.7 Å². The van der Waals surface area contributed by atoms with Gasteiger partial charge in [0.05, 0.1) is 0 Å². The molecule has 0 bridgehead atoms. The molecule has 0 amide bonds. The number of phenolic OH excluding ortho intramolecular Hbond substituents is 1. The zero-order valence-electron chi connectivity index (χ0n) is 11.6. The molecule has 0 aliphatic carbocycles. The summed E-state index contributed by atoms with van der Waals surface area (Å²) in [6, 6.07) is 11.1. The molecule has 0 unspecified atom stereocenters. The number of hydrogen-bond donors (Lipinski definition) is 1. The molecule has 2 aromatic carbocycles. The lowest BCUT2D eigenvalue weighted by molar-refractivity contribution is 0.430. The molecule has 0 spiro atoms. The summed E-state index contributed by atoms with van der Waals surface area (Å²) in [6.45, 7) is 3.81. The van der Waals surface area contributed by atoms with E-state index >= 15 is 0 Å². The molecule has 0 aliphatic rings. The van der Waals surface area contributed by atoms with E-state index in [9.17, 15) is 5.11 Å². The van der Waals surface area contributed by atoms with Crippen LogP contribution in [0.5, 0.6) is 5.75 Å². The number of nitrogens with zero attached hydrogens (tertiary/aromatic N) is 2. The Labute approximate surface area is 130 Å². The summed E-state index contributed by atoms with van der Waals surface area (Å²) in [4.78, 5) is 4.44. The van der Waals surface area contributed by atoms with Gasteiger partial charge in [0.2, 0.25) is 5.82 Å². The third-order valence-corrected chi connectivity index (χ3v) is 3.88. The lowest BCUT2D eigenvalue weighted by Gasteiger charge is -2.02. The predicted octanol–water partition coefficient (Wildman–Crippen LogP) is 4.49. The molecule has 0 saturated carbocycles. The summed E-state index contributed by atoms with van der Waals surface area (Å²) in [5.41, 5.74) is 3.44. The van der Waals surface area contributed by atoms with Gasteiger partial charge < -0.3 is 9.63 Å². The van der Waals surface area contributed by atoms with E-state index in [0.717, 1.165) is 26.7 Å². The van der Waals surface area contributed by atoms with E-state index in [4.69, 9.17) is 4.52 Å². The number of phenols is 1. The van der Waals surface area contributed by atoms with Gasteiger partial charge in [0.25, 0.3) is 5.89 Å². The third kappa shape index (κ3) is 2.56. The second-order valence-corrected chi connectivity index (χ2v) is 5.75. The highest BCUT2D eigenvalue weighted by atomic mass is 79.9. The Morgan fingerprint density at radius 1 is 1.10 bits per heavy atom. The van der Waals surface area contributed by atoms with Crippen LogP contribution in [0, 0.1) is 13.8 Å². The van der Waals surface area contributed by atoms with Gasteiger partial charge in [0.15, 0.2) is 0 Å². The topological polar surface area (TPSA) is 59.2 Å². The molecule has 0 radical (unpaired) electrons. The Bertz CT molecular complexity index is 812. The van der Waals surface area contributed by atoms with Crippen LogP contribution >= 0.6 is 15.9 Å². The molecule has 3 rings (SSSR count). The molecule has 4 nitrogen and oxygen atoms in total. The first kappa shape index (κ1) is 13.8. The van der Waals surface area contributed by atoms with Crippen molar-refractivity contribution in [2.45, 2.75) is 13.8 Å². The maximum absolute atomic E-state index is 9.76. The molecule has 5 heteroatoms. The van der Waals surface area contributed by atoms with Gasteiger partial charge in [-0.25, -0.2) is 0 Å². The first-order valence-corrected chi connectivity index (χ1v) is 7.25. The summed E-state index contributed by atoms with van der Waals surface area (Å²) in [5, 5.41) is 13.8. The van der Waals surface area contributed by atoms with Crippen LogP contribution in [0.4, 0.5) is 0 Å². The maximum atomic E-state index is 9.76. The van der Waals surface area contributed by atoms with Crippen LogP contribution in [0.1, 0.15) is 11.1 Å². The molecule has 3 aromatic rings. The highest BCUT2D eigenvalue weighted by molar-refractivity contribution is 9.10. The summed E-state index contributed by atoms with van der Waals surface area (Å²) < 4.78 is 6.35. The Hall–Kier alpha value is -2.14. The van der Waals surface area contributed by atoms with Gasteiger partial charge in [-0.15, -0.1) is 0 Å². The van der Waals surface area contributed by atoms with Crippen LogP contribution in [0.2, 0.25) is 0 Å². The summed E-state index contributed by atoms with van der Waals surface area (Å²) in [5.74, 6) is 1.16. The fourth-order valence-electron chi connectivity index (χ4n) is 2.18. The average Bonchev–Trinajstić information content (AvgIpc) is 2.91. The molecule has 106 valence electrons. The van der Waals surface area contributed by atoms with Crippen LogP contribution in [0.15, 0.2) is 45.4 Å². The van der Waals surface area contributed by atoms with Crippen LogP contribution in [0.3, 0.4) is 0 Å². The molecule has 0 atom stereocenters. The largest absolute Gasteiger partial charge is 0.508 e. The maximum Gasteiger partial charge on any atom is 0.258 e. The van der Waals surface area contributed by atoms with Crippen molar-refractivity contribution in [2.24, 2.45) is 0 Å². The number of aromatic nitrogens is 2. The smallest absolute Gasteiger partial charge is 0.258 e. The van der Waals surface area contributed by atoms with Gasteiger partial charge in [-0.05, 0) is 49.7 Å².